The van der Waals surface area contributed by atoms with Crippen molar-refractivity contribution < 1.29 is 4.79 Å². The zero-order valence-corrected chi connectivity index (χ0v) is 14.3. The summed E-state index contributed by atoms with van der Waals surface area (Å²) in [7, 11) is 0. The Hall–Kier alpha value is -0.910. The SMILES string of the molecule is CCNC(=NCCCN1CCCCCC1=O)NCCSC. The maximum atomic E-state index is 11.9. The number of nitrogens with zero attached hydrogens (tertiary/aromatic N) is 2. The predicted octanol–water partition coefficient (Wildman–Crippen LogP) is 1.70. The van der Waals surface area contributed by atoms with Gasteiger partial charge in [0.1, 0.15) is 0 Å². The first-order chi connectivity index (χ1) is 10.3. The molecule has 5 nitrogen and oxygen atoms in total. The van der Waals surface area contributed by atoms with E-state index >= 15 is 0 Å². The van der Waals surface area contributed by atoms with Crippen LogP contribution in [0.15, 0.2) is 4.99 Å². The normalized spacial score (nSPS) is 16.8. The van der Waals surface area contributed by atoms with Gasteiger partial charge in [0.2, 0.25) is 5.91 Å². The standard InChI is InChI=1S/C15H30N4OS/c1-3-16-15(18-10-13-21-2)17-9-7-12-19-11-6-4-5-8-14(19)20/h3-13H2,1-2H3,(H2,16,17,18). The van der Waals surface area contributed by atoms with Gasteiger partial charge in [0.05, 0.1) is 0 Å². The first-order valence-electron chi connectivity index (χ1n) is 8.06. The van der Waals surface area contributed by atoms with E-state index in [0.29, 0.717) is 5.91 Å². The molecule has 1 aliphatic heterocycles. The molecule has 1 amide bonds. The van der Waals surface area contributed by atoms with Crippen LogP contribution in [0.4, 0.5) is 0 Å². The highest BCUT2D eigenvalue weighted by Gasteiger charge is 2.15. The second-order valence-electron chi connectivity index (χ2n) is 5.23. The van der Waals surface area contributed by atoms with Crippen molar-refractivity contribution >= 4 is 23.6 Å². The van der Waals surface area contributed by atoms with Crippen molar-refractivity contribution in [3.63, 3.8) is 0 Å². The minimum atomic E-state index is 0.321. The molecule has 0 atom stereocenters. The van der Waals surface area contributed by atoms with Crippen LogP contribution in [-0.2, 0) is 4.79 Å². The zero-order valence-electron chi connectivity index (χ0n) is 13.5. The van der Waals surface area contributed by atoms with Crippen molar-refractivity contribution in [3.05, 3.63) is 0 Å². The van der Waals surface area contributed by atoms with Gasteiger partial charge in [-0.05, 0) is 32.4 Å². The summed E-state index contributed by atoms with van der Waals surface area (Å²) in [4.78, 5) is 18.5. The largest absolute Gasteiger partial charge is 0.357 e. The second kappa shape index (κ2) is 11.7. The summed E-state index contributed by atoms with van der Waals surface area (Å²) in [5.74, 6) is 2.28. The van der Waals surface area contributed by atoms with Gasteiger partial charge in [-0.1, -0.05) is 6.42 Å². The summed E-state index contributed by atoms with van der Waals surface area (Å²) in [5, 5.41) is 6.56. The lowest BCUT2D eigenvalue weighted by Crippen LogP contribution is -2.38. The van der Waals surface area contributed by atoms with E-state index in [-0.39, 0.29) is 0 Å². The van der Waals surface area contributed by atoms with Gasteiger partial charge in [-0.2, -0.15) is 11.8 Å². The van der Waals surface area contributed by atoms with Crippen molar-refractivity contribution in [2.45, 2.75) is 39.0 Å². The van der Waals surface area contributed by atoms with E-state index in [1.165, 1.54) is 6.42 Å². The van der Waals surface area contributed by atoms with Crippen LogP contribution in [0.3, 0.4) is 0 Å². The summed E-state index contributed by atoms with van der Waals surface area (Å²) in [5.41, 5.74) is 0. The second-order valence-corrected chi connectivity index (χ2v) is 6.21. The number of hydrogen-bond acceptors (Lipinski definition) is 3. The molecule has 1 aliphatic rings. The van der Waals surface area contributed by atoms with E-state index in [1.807, 2.05) is 16.7 Å². The molecule has 0 aromatic rings. The number of rotatable bonds is 8. The lowest BCUT2D eigenvalue weighted by atomic mass is 10.2. The average molecular weight is 314 g/mol. The molecule has 1 heterocycles. The number of aliphatic imine (C=N–C) groups is 1. The van der Waals surface area contributed by atoms with Crippen LogP contribution in [0.2, 0.25) is 0 Å². The molecule has 0 aromatic carbocycles. The van der Waals surface area contributed by atoms with Crippen LogP contribution in [0, 0.1) is 0 Å². The summed E-state index contributed by atoms with van der Waals surface area (Å²) in [6, 6.07) is 0. The molecule has 0 radical (unpaired) electrons. The first kappa shape index (κ1) is 18.1. The van der Waals surface area contributed by atoms with E-state index < -0.39 is 0 Å². The highest BCUT2D eigenvalue weighted by molar-refractivity contribution is 7.98. The summed E-state index contributed by atoms with van der Waals surface area (Å²) in [6.45, 7) is 6.40. The fraction of sp³-hybridized carbons (Fsp3) is 0.867. The summed E-state index contributed by atoms with van der Waals surface area (Å²) in [6.07, 6.45) is 7.15. The Morgan fingerprint density at radius 2 is 2.19 bits per heavy atom. The van der Waals surface area contributed by atoms with Crippen LogP contribution in [0.1, 0.15) is 39.0 Å². The summed E-state index contributed by atoms with van der Waals surface area (Å²) < 4.78 is 0. The van der Waals surface area contributed by atoms with Gasteiger partial charge in [0, 0.05) is 44.9 Å². The van der Waals surface area contributed by atoms with E-state index in [4.69, 9.17) is 0 Å². The number of nitrogens with one attached hydrogen (secondary N) is 2. The Balaban J connectivity index is 2.27. The van der Waals surface area contributed by atoms with Gasteiger partial charge in [-0.25, -0.2) is 0 Å². The Morgan fingerprint density at radius 3 is 2.95 bits per heavy atom. The Labute approximate surface area is 133 Å². The van der Waals surface area contributed by atoms with Crippen molar-refractivity contribution in [1.82, 2.24) is 15.5 Å². The van der Waals surface area contributed by atoms with Crippen LogP contribution < -0.4 is 10.6 Å². The molecule has 0 bridgehead atoms. The van der Waals surface area contributed by atoms with E-state index in [0.717, 1.165) is 70.1 Å². The number of amides is 1. The van der Waals surface area contributed by atoms with Crippen molar-refractivity contribution in [2.24, 2.45) is 4.99 Å². The molecule has 1 fully saturated rings. The van der Waals surface area contributed by atoms with Gasteiger partial charge in [0.25, 0.3) is 0 Å². The predicted molar refractivity (Wildman–Crippen MR) is 92.0 cm³/mol. The monoisotopic (exact) mass is 314 g/mol. The van der Waals surface area contributed by atoms with Gasteiger partial charge >= 0.3 is 0 Å². The molecular weight excluding hydrogens is 284 g/mol. The van der Waals surface area contributed by atoms with Gasteiger partial charge < -0.3 is 15.5 Å². The molecule has 0 unspecified atom stereocenters. The van der Waals surface area contributed by atoms with Crippen LogP contribution in [0.25, 0.3) is 0 Å². The van der Waals surface area contributed by atoms with Crippen molar-refractivity contribution in [3.8, 4) is 0 Å². The molecule has 1 saturated heterocycles. The van der Waals surface area contributed by atoms with E-state index in [1.54, 1.807) is 0 Å². The van der Waals surface area contributed by atoms with Gasteiger partial charge in [-0.3, -0.25) is 9.79 Å². The van der Waals surface area contributed by atoms with Crippen LogP contribution in [0.5, 0.6) is 0 Å². The molecule has 1 rings (SSSR count). The number of carbonyl (C=O) groups is 1. The fourth-order valence-electron chi connectivity index (χ4n) is 2.34. The van der Waals surface area contributed by atoms with E-state index in [9.17, 15) is 4.79 Å². The van der Waals surface area contributed by atoms with Gasteiger partial charge in [-0.15, -0.1) is 0 Å². The lowest BCUT2D eigenvalue weighted by Gasteiger charge is -2.20. The minimum Gasteiger partial charge on any atom is -0.357 e. The molecule has 122 valence electrons. The highest BCUT2D eigenvalue weighted by Crippen LogP contribution is 2.11. The van der Waals surface area contributed by atoms with E-state index in [2.05, 4.69) is 28.8 Å². The number of carbonyl (C=O) groups excluding carboxylic acids is 1. The maximum absolute atomic E-state index is 11.9. The third-order valence-electron chi connectivity index (χ3n) is 3.47. The van der Waals surface area contributed by atoms with Crippen molar-refractivity contribution in [1.29, 1.82) is 0 Å². The highest BCUT2D eigenvalue weighted by atomic mass is 32.2. The average Bonchev–Trinajstić information content (AvgIpc) is 2.68. The third kappa shape index (κ3) is 8.19. The molecular formula is C15H30N4OS. The molecule has 6 heteroatoms. The number of hydrogen-bond donors (Lipinski definition) is 2. The smallest absolute Gasteiger partial charge is 0.222 e. The summed E-state index contributed by atoms with van der Waals surface area (Å²) >= 11 is 1.82. The molecule has 0 aromatic heterocycles. The zero-order chi connectivity index (χ0) is 15.3. The lowest BCUT2D eigenvalue weighted by molar-refractivity contribution is -0.130. The number of likely N-dealkylation sites (tertiary alicyclic amines) is 1. The van der Waals surface area contributed by atoms with Crippen molar-refractivity contribution in [2.75, 3.05) is 44.7 Å². The minimum absolute atomic E-state index is 0.321. The topological polar surface area (TPSA) is 56.7 Å². The third-order valence-corrected chi connectivity index (χ3v) is 4.08. The Bertz CT molecular complexity index is 323. The Morgan fingerprint density at radius 1 is 1.33 bits per heavy atom. The molecule has 0 saturated carbocycles. The molecule has 0 aliphatic carbocycles. The first-order valence-corrected chi connectivity index (χ1v) is 9.46. The quantitative estimate of drug-likeness (QED) is 0.407. The molecule has 0 spiro atoms. The Kier molecular flexibility index (Phi) is 10.1. The van der Waals surface area contributed by atoms with Gasteiger partial charge in [0.15, 0.2) is 5.96 Å². The maximum Gasteiger partial charge on any atom is 0.222 e. The number of thioether (sulfide) groups is 1. The molecule has 21 heavy (non-hydrogen) atoms. The van der Waals surface area contributed by atoms with Crippen LogP contribution >= 0.6 is 11.8 Å². The molecule has 2 N–H and O–H groups in total. The number of guanidine groups is 1. The fourth-order valence-corrected chi connectivity index (χ4v) is 2.65. The van der Waals surface area contributed by atoms with Crippen LogP contribution in [-0.4, -0.2) is 61.5 Å².